The first-order valence-electron chi connectivity index (χ1n) is 11.6. The first kappa shape index (κ1) is 24.7. The lowest BCUT2D eigenvalue weighted by Crippen LogP contribution is -2.45. The Labute approximate surface area is 208 Å². The van der Waals surface area contributed by atoms with Crippen LogP contribution in [0.2, 0.25) is 0 Å². The van der Waals surface area contributed by atoms with E-state index in [1.807, 2.05) is 37.3 Å². The smallest absolute Gasteiger partial charge is 0.337 e. The Morgan fingerprint density at radius 3 is 2.57 bits per heavy atom. The molecule has 0 atom stereocenters. The van der Waals surface area contributed by atoms with E-state index in [0.717, 1.165) is 34.7 Å². The van der Waals surface area contributed by atoms with Crippen molar-refractivity contribution in [3.8, 4) is 0 Å². The van der Waals surface area contributed by atoms with Crippen LogP contribution in [0.25, 0.3) is 0 Å². The average Bonchev–Trinajstić information content (AvgIpc) is 3.13. The van der Waals surface area contributed by atoms with E-state index in [1.54, 1.807) is 33.7 Å². The molecule has 1 saturated heterocycles. The molecule has 35 heavy (non-hydrogen) atoms. The summed E-state index contributed by atoms with van der Waals surface area (Å²) in [5, 5.41) is 13.3. The number of carboxylic acids is 1. The van der Waals surface area contributed by atoms with E-state index in [1.165, 1.54) is 0 Å². The number of urea groups is 1. The number of nitrogens with one attached hydrogen (secondary N) is 1. The third-order valence-electron chi connectivity index (χ3n) is 5.83. The topological polar surface area (TPSA) is 112 Å². The minimum atomic E-state index is -0.936. The average molecular weight is 497 g/mol. The summed E-state index contributed by atoms with van der Waals surface area (Å²) in [5.74, 6) is -0.364. The molecule has 2 N–H and O–H groups in total. The number of hydrazone groups is 1. The zero-order valence-corrected chi connectivity index (χ0v) is 20.3. The van der Waals surface area contributed by atoms with Gasteiger partial charge in [0, 0.05) is 35.8 Å². The lowest BCUT2D eigenvalue weighted by Gasteiger charge is -2.25. The van der Waals surface area contributed by atoms with Crippen molar-refractivity contribution in [3.05, 3.63) is 59.2 Å². The molecule has 2 aromatic carbocycles. The summed E-state index contributed by atoms with van der Waals surface area (Å²) in [6.07, 6.45) is 1.58. The molecule has 0 aliphatic carbocycles. The van der Waals surface area contributed by atoms with Crippen LogP contribution >= 0.6 is 11.8 Å². The monoisotopic (exact) mass is 496 g/mol. The Bertz CT molecular complexity index is 1130. The molecule has 10 heteroatoms. The quantitative estimate of drug-likeness (QED) is 0.429. The molecular formula is C25H28N4O5S. The highest BCUT2D eigenvalue weighted by molar-refractivity contribution is 7.99. The summed E-state index contributed by atoms with van der Waals surface area (Å²) >= 11 is 1.65. The van der Waals surface area contributed by atoms with Crippen LogP contribution in [0.3, 0.4) is 0 Å². The van der Waals surface area contributed by atoms with Gasteiger partial charge in [0.2, 0.25) is 0 Å². The molecule has 4 rings (SSSR count). The second-order valence-corrected chi connectivity index (χ2v) is 9.38. The van der Waals surface area contributed by atoms with Gasteiger partial charge in [-0.1, -0.05) is 19.1 Å². The fraction of sp³-hybridized carbons (Fsp3) is 0.360. The summed E-state index contributed by atoms with van der Waals surface area (Å²) in [4.78, 5) is 40.9. The van der Waals surface area contributed by atoms with Crippen molar-refractivity contribution in [1.82, 2.24) is 10.3 Å². The number of aryl methyl sites for hydroxylation is 1. The maximum Gasteiger partial charge on any atom is 0.337 e. The predicted octanol–water partition coefficient (Wildman–Crippen LogP) is 3.22. The van der Waals surface area contributed by atoms with E-state index in [4.69, 9.17) is 9.84 Å². The highest BCUT2D eigenvalue weighted by atomic mass is 32.2. The van der Waals surface area contributed by atoms with Gasteiger partial charge >= 0.3 is 12.0 Å². The Kier molecular flexibility index (Phi) is 8.04. The van der Waals surface area contributed by atoms with Crippen LogP contribution in [-0.4, -0.2) is 72.2 Å². The van der Waals surface area contributed by atoms with E-state index in [2.05, 4.69) is 10.5 Å². The summed E-state index contributed by atoms with van der Waals surface area (Å²) in [6.45, 7) is 4.53. The Morgan fingerprint density at radius 2 is 1.89 bits per heavy atom. The number of carbonyl (C=O) groups excluding carboxylic acids is 2. The summed E-state index contributed by atoms with van der Waals surface area (Å²) in [6, 6.07) is 12.4. The van der Waals surface area contributed by atoms with E-state index >= 15 is 0 Å². The van der Waals surface area contributed by atoms with Gasteiger partial charge in [-0.3, -0.25) is 4.79 Å². The van der Waals surface area contributed by atoms with Crippen molar-refractivity contribution in [2.75, 3.05) is 43.5 Å². The number of aromatic carboxylic acids is 1. The number of hydrogen-bond donors (Lipinski definition) is 2. The molecule has 2 aliphatic rings. The third-order valence-corrected chi connectivity index (χ3v) is 6.83. The fourth-order valence-electron chi connectivity index (χ4n) is 3.98. The SMILES string of the molecule is CCCN1C(=O)/C(=N\NC(=O)N2CCOCC2)c2cc(SCCc3ccc(C(=O)O)cc3)ccc21. The number of nitrogens with zero attached hydrogens (tertiary/aromatic N) is 3. The van der Waals surface area contributed by atoms with Crippen LogP contribution in [0.15, 0.2) is 52.5 Å². The lowest BCUT2D eigenvalue weighted by molar-refractivity contribution is -0.112. The van der Waals surface area contributed by atoms with Crippen molar-refractivity contribution in [2.45, 2.75) is 24.7 Å². The van der Waals surface area contributed by atoms with Crippen LogP contribution in [0, 0.1) is 0 Å². The van der Waals surface area contributed by atoms with Crippen molar-refractivity contribution in [2.24, 2.45) is 5.10 Å². The Balaban J connectivity index is 1.46. The number of rotatable bonds is 8. The van der Waals surface area contributed by atoms with Crippen LogP contribution < -0.4 is 10.3 Å². The van der Waals surface area contributed by atoms with Crippen molar-refractivity contribution >= 4 is 41.1 Å². The van der Waals surface area contributed by atoms with Gasteiger partial charge in [0.15, 0.2) is 5.71 Å². The molecule has 3 amide bonds. The molecule has 0 bridgehead atoms. The van der Waals surface area contributed by atoms with Crippen LogP contribution in [0.5, 0.6) is 0 Å². The number of morpholine rings is 1. The molecule has 2 aliphatic heterocycles. The van der Waals surface area contributed by atoms with E-state index in [0.29, 0.717) is 38.4 Å². The number of benzene rings is 2. The highest BCUT2D eigenvalue weighted by Gasteiger charge is 2.34. The number of anilines is 1. The zero-order chi connectivity index (χ0) is 24.8. The molecule has 184 valence electrons. The van der Waals surface area contributed by atoms with Crippen molar-refractivity contribution in [1.29, 1.82) is 0 Å². The molecule has 0 aromatic heterocycles. The first-order chi connectivity index (χ1) is 17.0. The van der Waals surface area contributed by atoms with Crippen LogP contribution in [0.1, 0.15) is 34.8 Å². The molecule has 0 saturated carbocycles. The van der Waals surface area contributed by atoms with E-state index in [9.17, 15) is 14.4 Å². The van der Waals surface area contributed by atoms with Crippen molar-refractivity contribution in [3.63, 3.8) is 0 Å². The second-order valence-electron chi connectivity index (χ2n) is 8.21. The second kappa shape index (κ2) is 11.4. The molecule has 0 unspecified atom stereocenters. The van der Waals surface area contributed by atoms with Crippen LogP contribution in [0.4, 0.5) is 10.5 Å². The number of fused-ring (bicyclic) bond motifs is 1. The van der Waals surface area contributed by atoms with E-state index < -0.39 is 5.97 Å². The van der Waals surface area contributed by atoms with Gasteiger partial charge in [-0.2, -0.15) is 5.10 Å². The number of carbonyl (C=O) groups is 3. The highest BCUT2D eigenvalue weighted by Crippen LogP contribution is 2.33. The van der Waals surface area contributed by atoms with E-state index in [-0.39, 0.29) is 23.2 Å². The van der Waals surface area contributed by atoms with Gasteiger partial charge in [-0.15, -0.1) is 11.8 Å². The summed E-state index contributed by atoms with van der Waals surface area (Å²) in [7, 11) is 0. The van der Waals surface area contributed by atoms with Crippen molar-refractivity contribution < 1.29 is 24.2 Å². The number of carboxylic acid groups (broad SMARTS) is 1. The maximum absolute atomic E-state index is 13.1. The standard InChI is InChI=1S/C25H28N4O5S/c1-2-10-29-21-8-7-19(35-15-9-17-3-5-18(6-4-17)24(31)32)16-20(21)22(23(29)30)26-27-25(33)28-11-13-34-14-12-28/h3-8,16H,2,9-15H2,1H3,(H,27,33)(H,31,32)/b26-22-. The minimum Gasteiger partial charge on any atom is -0.478 e. The Hall–Kier alpha value is -3.37. The fourth-order valence-corrected chi connectivity index (χ4v) is 4.92. The first-order valence-corrected chi connectivity index (χ1v) is 12.6. The molecule has 1 fully saturated rings. The largest absolute Gasteiger partial charge is 0.478 e. The predicted molar refractivity (Wildman–Crippen MR) is 134 cm³/mol. The van der Waals surface area contributed by atoms with Gasteiger partial charge in [0.1, 0.15) is 0 Å². The summed E-state index contributed by atoms with van der Waals surface area (Å²) in [5.41, 5.74) is 5.62. The van der Waals surface area contributed by atoms with Gasteiger partial charge < -0.3 is 19.6 Å². The molecule has 0 radical (unpaired) electrons. The number of hydrogen-bond acceptors (Lipinski definition) is 6. The Morgan fingerprint density at radius 1 is 1.14 bits per heavy atom. The molecule has 2 heterocycles. The molecule has 2 aromatic rings. The number of ether oxygens (including phenoxy) is 1. The lowest BCUT2D eigenvalue weighted by atomic mass is 10.1. The van der Waals surface area contributed by atoms with Gasteiger partial charge in [0.05, 0.1) is 24.5 Å². The molecular weight excluding hydrogens is 468 g/mol. The summed E-state index contributed by atoms with van der Waals surface area (Å²) < 4.78 is 5.28. The van der Waals surface area contributed by atoms with Gasteiger partial charge in [-0.05, 0) is 48.7 Å². The molecule has 0 spiro atoms. The molecule has 9 nitrogen and oxygen atoms in total. The normalized spacial score (nSPS) is 16.5. The van der Waals surface area contributed by atoms with Gasteiger partial charge in [-0.25, -0.2) is 15.0 Å². The van der Waals surface area contributed by atoms with Crippen LogP contribution in [-0.2, 0) is 16.0 Å². The third kappa shape index (κ3) is 5.83. The number of amides is 3. The number of thioether (sulfide) groups is 1. The zero-order valence-electron chi connectivity index (χ0n) is 19.5. The minimum absolute atomic E-state index is 0.218. The maximum atomic E-state index is 13.1. The van der Waals surface area contributed by atoms with Gasteiger partial charge in [0.25, 0.3) is 5.91 Å².